The molecule has 1 amide bonds. The predicted molar refractivity (Wildman–Crippen MR) is 90.6 cm³/mol. The number of rotatable bonds is 5. The smallest absolute Gasteiger partial charge is 0.223 e. The molecule has 1 aliphatic carbocycles. The van der Waals surface area contributed by atoms with Crippen LogP contribution in [-0.2, 0) is 4.79 Å². The number of likely N-dealkylation sites (tertiary alicyclic amines) is 1. The van der Waals surface area contributed by atoms with E-state index in [4.69, 9.17) is 0 Å². The van der Waals surface area contributed by atoms with E-state index >= 15 is 0 Å². The van der Waals surface area contributed by atoms with Gasteiger partial charge in [0.15, 0.2) is 0 Å². The SMILES string of the molecule is O=C(CCCC1CCCCC1)N1CCCC1c1ccccc1. The zero-order chi connectivity index (χ0) is 15.2. The number of hydrogen-bond acceptors (Lipinski definition) is 1. The van der Waals surface area contributed by atoms with Gasteiger partial charge >= 0.3 is 0 Å². The molecule has 1 saturated carbocycles. The molecular weight excluding hydrogens is 270 g/mol. The Kier molecular flexibility index (Phi) is 5.53. The lowest BCUT2D eigenvalue weighted by Gasteiger charge is -2.26. The average Bonchev–Trinajstić information content (AvgIpc) is 3.06. The summed E-state index contributed by atoms with van der Waals surface area (Å²) in [4.78, 5) is 14.7. The minimum Gasteiger partial charge on any atom is -0.336 e. The summed E-state index contributed by atoms with van der Waals surface area (Å²) >= 11 is 0. The molecule has 1 aromatic carbocycles. The van der Waals surface area contributed by atoms with Gasteiger partial charge in [0.25, 0.3) is 0 Å². The molecule has 1 unspecified atom stereocenters. The van der Waals surface area contributed by atoms with Gasteiger partial charge in [-0.15, -0.1) is 0 Å². The van der Waals surface area contributed by atoms with Gasteiger partial charge in [-0.1, -0.05) is 62.4 Å². The number of nitrogens with zero attached hydrogens (tertiary/aromatic N) is 1. The Balaban J connectivity index is 1.48. The third kappa shape index (κ3) is 3.91. The molecule has 120 valence electrons. The van der Waals surface area contributed by atoms with E-state index in [1.165, 1.54) is 44.1 Å². The van der Waals surface area contributed by atoms with E-state index in [0.29, 0.717) is 11.9 Å². The third-order valence-corrected chi connectivity index (χ3v) is 5.49. The third-order valence-electron chi connectivity index (χ3n) is 5.49. The topological polar surface area (TPSA) is 20.3 Å². The van der Waals surface area contributed by atoms with Crippen LogP contribution in [0.1, 0.15) is 75.8 Å². The highest BCUT2D eigenvalue weighted by Gasteiger charge is 2.29. The number of hydrogen-bond donors (Lipinski definition) is 0. The predicted octanol–water partition coefficient (Wildman–Crippen LogP) is 5.10. The fourth-order valence-electron chi connectivity index (χ4n) is 4.25. The van der Waals surface area contributed by atoms with Gasteiger partial charge < -0.3 is 4.90 Å². The van der Waals surface area contributed by atoms with Crippen molar-refractivity contribution in [2.75, 3.05) is 6.54 Å². The largest absolute Gasteiger partial charge is 0.336 e. The fraction of sp³-hybridized carbons (Fsp3) is 0.650. The van der Waals surface area contributed by atoms with Gasteiger partial charge in [0.1, 0.15) is 0 Å². The zero-order valence-corrected chi connectivity index (χ0v) is 13.7. The minimum absolute atomic E-state index is 0.323. The van der Waals surface area contributed by atoms with Crippen LogP contribution in [0.3, 0.4) is 0 Å². The highest BCUT2D eigenvalue weighted by Crippen LogP contribution is 2.33. The van der Waals surface area contributed by atoms with Crippen LogP contribution in [-0.4, -0.2) is 17.4 Å². The van der Waals surface area contributed by atoms with Gasteiger partial charge in [0.2, 0.25) is 5.91 Å². The Morgan fingerprint density at radius 1 is 1.00 bits per heavy atom. The van der Waals surface area contributed by atoms with E-state index in [1.807, 2.05) is 0 Å². The van der Waals surface area contributed by atoms with Crippen LogP contribution >= 0.6 is 0 Å². The maximum Gasteiger partial charge on any atom is 0.223 e. The van der Waals surface area contributed by atoms with E-state index < -0.39 is 0 Å². The van der Waals surface area contributed by atoms with Gasteiger partial charge in [0.05, 0.1) is 6.04 Å². The summed E-state index contributed by atoms with van der Waals surface area (Å²) in [7, 11) is 0. The van der Waals surface area contributed by atoms with Crippen LogP contribution < -0.4 is 0 Å². The highest BCUT2D eigenvalue weighted by atomic mass is 16.2. The van der Waals surface area contributed by atoms with Crippen LogP contribution in [0.5, 0.6) is 0 Å². The Morgan fingerprint density at radius 2 is 1.77 bits per heavy atom. The van der Waals surface area contributed by atoms with Crippen LogP contribution in [0.25, 0.3) is 0 Å². The summed E-state index contributed by atoms with van der Waals surface area (Å²) in [6.07, 6.45) is 12.4. The van der Waals surface area contributed by atoms with Gasteiger partial charge in [-0.3, -0.25) is 4.79 Å². The maximum atomic E-state index is 12.6. The van der Waals surface area contributed by atoms with Gasteiger partial charge in [-0.2, -0.15) is 0 Å². The first-order valence-corrected chi connectivity index (χ1v) is 9.19. The lowest BCUT2D eigenvalue weighted by Crippen LogP contribution is -2.30. The summed E-state index contributed by atoms with van der Waals surface area (Å²) in [5.74, 6) is 1.27. The zero-order valence-electron chi connectivity index (χ0n) is 13.7. The molecule has 0 aromatic heterocycles. The van der Waals surface area contributed by atoms with Crippen LogP contribution in [0, 0.1) is 5.92 Å². The first-order chi connectivity index (χ1) is 10.8. The van der Waals surface area contributed by atoms with E-state index in [0.717, 1.165) is 38.1 Å². The Labute approximate surface area is 134 Å². The average molecular weight is 299 g/mol. The molecule has 1 aliphatic heterocycles. The van der Waals surface area contributed by atoms with Crippen molar-refractivity contribution in [3.63, 3.8) is 0 Å². The molecule has 2 nitrogen and oxygen atoms in total. The van der Waals surface area contributed by atoms with Gasteiger partial charge in [-0.05, 0) is 37.2 Å². The molecule has 22 heavy (non-hydrogen) atoms. The van der Waals surface area contributed by atoms with Crippen molar-refractivity contribution < 1.29 is 4.79 Å². The number of amides is 1. The van der Waals surface area contributed by atoms with Crippen molar-refractivity contribution >= 4 is 5.91 Å². The Hall–Kier alpha value is -1.31. The molecule has 2 aliphatic rings. The van der Waals surface area contributed by atoms with E-state index in [2.05, 4.69) is 35.2 Å². The minimum atomic E-state index is 0.323. The first-order valence-electron chi connectivity index (χ1n) is 9.19. The normalized spacial score (nSPS) is 22.9. The number of carbonyl (C=O) groups excluding carboxylic acids is 1. The molecule has 0 bridgehead atoms. The molecule has 0 radical (unpaired) electrons. The molecule has 1 heterocycles. The van der Waals surface area contributed by atoms with Crippen molar-refractivity contribution in [3.05, 3.63) is 35.9 Å². The summed E-state index contributed by atoms with van der Waals surface area (Å²) < 4.78 is 0. The molecule has 1 atom stereocenters. The number of benzene rings is 1. The first kappa shape index (κ1) is 15.6. The second-order valence-corrected chi connectivity index (χ2v) is 7.05. The van der Waals surface area contributed by atoms with Crippen molar-refractivity contribution in [3.8, 4) is 0 Å². The second-order valence-electron chi connectivity index (χ2n) is 7.05. The molecule has 1 saturated heterocycles. The summed E-state index contributed by atoms with van der Waals surface area (Å²) in [5.41, 5.74) is 1.31. The highest BCUT2D eigenvalue weighted by molar-refractivity contribution is 5.77. The maximum absolute atomic E-state index is 12.6. The quantitative estimate of drug-likeness (QED) is 0.740. The van der Waals surface area contributed by atoms with E-state index in [1.54, 1.807) is 0 Å². The summed E-state index contributed by atoms with van der Waals surface area (Å²) in [6, 6.07) is 10.9. The van der Waals surface area contributed by atoms with E-state index in [-0.39, 0.29) is 0 Å². The van der Waals surface area contributed by atoms with Crippen LogP contribution in [0.15, 0.2) is 30.3 Å². The molecule has 0 spiro atoms. The second kappa shape index (κ2) is 7.80. The molecule has 2 heteroatoms. The van der Waals surface area contributed by atoms with Crippen LogP contribution in [0.2, 0.25) is 0 Å². The van der Waals surface area contributed by atoms with Crippen molar-refractivity contribution in [1.82, 2.24) is 4.90 Å². The molecule has 3 rings (SSSR count). The molecule has 2 fully saturated rings. The van der Waals surface area contributed by atoms with Gasteiger partial charge in [0, 0.05) is 13.0 Å². The van der Waals surface area contributed by atoms with Crippen molar-refractivity contribution in [2.45, 2.75) is 70.3 Å². The van der Waals surface area contributed by atoms with Crippen molar-refractivity contribution in [1.29, 1.82) is 0 Å². The fourth-order valence-corrected chi connectivity index (χ4v) is 4.25. The monoisotopic (exact) mass is 299 g/mol. The summed E-state index contributed by atoms with van der Waals surface area (Å²) in [5, 5.41) is 0. The Bertz CT molecular complexity index is 464. The molecule has 1 aromatic rings. The molecular formula is C20H29NO. The number of carbonyl (C=O) groups is 1. The standard InChI is InChI=1S/C20H29NO/c22-20(15-7-11-17-9-3-1-4-10-17)21-16-8-14-19(21)18-12-5-2-6-13-18/h2,5-6,12-13,17,19H,1,3-4,7-11,14-16H2. The summed E-state index contributed by atoms with van der Waals surface area (Å²) in [6.45, 7) is 0.946. The Morgan fingerprint density at radius 3 is 2.55 bits per heavy atom. The van der Waals surface area contributed by atoms with E-state index in [9.17, 15) is 4.79 Å². The molecule has 0 N–H and O–H groups in total. The lowest BCUT2D eigenvalue weighted by molar-refractivity contribution is -0.132. The van der Waals surface area contributed by atoms with Crippen molar-refractivity contribution in [2.24, 2.45) is 5.92 Å². The van der Waals surface area contributed by atoms with Crippen LogP contribution in [0.4, 0.5) is 0 Å². The lowest BCUT2D eigenvalue weighted by atomic mass is 9.86. The van der Waals surface area contributed by atoms with Gasteiger partial charge in [-0.25, -0.2) is 0 Å².